The highest BCUT2D eigenvalue weighted by Gasteiger charge is 2.35. The molecule has 4 rings (SSSR count). The molecule has 1 atom stereocenters. The molecule has 9 nitrogen and oxygen atoms in total. The van der Waals surface area contributed by atoms with E-state index in [2.05, 4.69) is 15.6 Å². The fourth-order valence-electron chi connectivity index (χ4n) is 3.73. The van der Waals surface area contributed by atoms with Crippen LogP contribution >= 0.6 is 0 Å². The summed E-state index contributed by atoms with van der Waals surface area (Å²) in [6, 6.07) is 10.8. The number of fused-ring (bicyclic) bond motifs is 1. The Balaban J connectivity index is 1.68. The monoisotopic (exact) mass is 463 g/mol. The lowest BCUT2D eigenvalue weighted by molar-refractivity contribution is -0.139. The average Bonchev–Trinajstić information content (AvgIpc) is 3.36. The molecule has 1 unspecified atom stereocenters. The van der Waals surface area contributed by atoms with E-state index >= 15 is 0 Å². The lowest BCUT2D eigenvalue weighted by atomic mass is 10.0. The summed E-state index contributed by atoms with van der Waals surface area (Å²) in [7, 11) is 0. The van der Waals surface area contributed by atoms with Gasteiger partial charge < -0.3 is 24.5 Å². The van der Waals surface area contributed by atoms with Crippen LogP contribution in [0.15, 0.2) is 64.4 Å². The maximum atomic E-state index is 13.1. The molecule has 2 N–H and O–H groups in total. The Bertz CT molecular complexity index is 1260. The van der Waals surface area contributed by atoms with Crippen LogP contribution < -0.4 is 10.6 Å². The van der Waals surface area contributed by atoms with E-state index in [-0.39, 0.29) is 30.4 Å². The third kappa shape index (κ3) is 4.63. The van der Waals surface area contributed by atoms with Crippen molar-refractivity contribution < 1.29 is 28.3 Å². The number of nitrogens with one attached hydrogen (secondary N) is 2. The second-order valence-electron chi connectivity index (χ2n) is 8.00. The molecule has 176 valence electrons. The molecule has 0 spiro atoms. The molecule has 1 aromatic carbocycles. The van der Waals surface area contributed by atoms with E-state index in [1.54, 1.807) is 31.2 Å². The summed E-state index contributed by atoms with van der Waals surface area (Å²) in [6.07, 6.45) is 1.44. The first-order chi connectivity index (χ1) is 16.4. The number of rotatable bonds is 7. The Morgan fingerprint density at radius 1 is 1.12 bits per heavy atom. The van der Waals surface area contributed by atoms with Gasteiger partial charge in [0.1, 0.15) is 18.4 Å². The minimum Gasteiger partial charge on any atom is -0.467 e. The van der Waals surface area contributed by atoms with E-state index in [4.69, 9.17) is 13.9 Å². The van der Waals surface area contributed by atoms with E-state index in [9.17, 15) is 14.4 Å². The third-order valence-corrected chi connectivity index (χ3v) is 5.37. The highest BCUT2D eigenvalue weighted by molar-refractivity contribution is 6.03. The van der Waals surface area contributed by atoms with Crippen molar-refractivity contribution in [1.29, 1.82) is 0 Å². The Morgan fingerprint density at radius 2 is 1.91 bits per heavy atom. The number of carbonyl (C=O) groups excluding carboxylic acids is 3. The molecule has 0 aliphatic carbocycles. The van der Waals surface area contributed by atoms with Crippen LogP contribution in [0, 0.1) is 0 Å². The number of para-hydroxylation sites is 1. The van der Waals surface area contributed by atoms with Gasteiger partial charge in [0.15, 0.2) is 0 Å². The van der Waals surface area contributed by atoms with Gasteiger partial charge in [0.25, 0.3) is 0 Å². The lowest BCUT2D eigenvalue weighted by Gasteiger charge is -2.27. The topological polar surface area (TPSA) is 120 Å². The number of urea groups is 1. The largest absolute Gasteiger partial charge is 0.467 e. The fourth-order valence-corrected chi connectivity index (χ4v) is 3.73. The van der Waals surface area contributed by atoms with Crippen molar-refractivity contribution in [2.45, 2.75) is 32.7 Å². The molecule has 9 heteroatoms. The zero-order chi connectivity index (χ0) is 24.2. The number of esters is 2. The number of amides is 2. The average molecular weight is 463 g/mol. The molecule has 0 radical (unpaired) electrons. The fraction of sp³-hybridized carbons (Fsp3) is 0.280. The summed E-state index contributed by atoms with van der Waals surface area (Å²) in [5.74, 6) is -0.798. The van der Waals surface area contributed by atoms with Crippen LogP contribution in [0.1, 0.15) is 54.5 Å². The van der Waals surface area contributed by atoms with E-state index in [0.29, 0.717) is 22.2 Å². The van der Waals surface area contributed by atoms with Crippen LogP contribution in [0.3, 0.4) is 0 Å². The second-order valence-corrected chi connectivity index (χ2v) is 8.00. The predicted molar refractivity (Wildman–Crippen MR) is 123 cm³/mol. The highest BCUT2D eigenvalue weighted by Crippen LogP contribution is 2.29. The SMILES string of the molecule is CCOC(=O)C1=C(COC(=O)c2cc(C(C)C)nc3ccccc23)NC(=O)NC1c1ccco1. The smallest absolute Gasteiger partial charge is 0.339 e. The van der Waals surface area contributed by atoms with Gasteiger partial charge >= 0.3 is 18.0 Å². The van der Waals surface area contributed by atoms with Crippen LogP contribution in [0.5, 0.6) is 0 Å². The molecule has 0 fully saturated rings. The van der Waals surface area contributed by atoms with Crippen molar-refractivity contribution in [2.24, 2.45) is 0 Å². The molecule has 2 amide bonds. The van der Waals surface area contributed by atoms with Gasteiger partial charge in [-0.25, -0.2) is 14.4 Å². The zero-order valence-electron chi connectivity index (χ0n) is 19.1. The Hall–Kier alpha value is -4.14. The van der Waals surface area contributed by atoms with Gasteiger partial charge in [0.05, 0.1) is 35.2 Å². The molecule has 0 bridgehead atoms. The maximum Gasteiger partial charge on any atom is 0.339 e. The van der Waals surface area contributed by atoms with E-state index in [1.165, 1.54) is 6.26 Å². The summed E-state index contributed by atoms with van der Waals surface area (Å²) < 4.78 is 16.2. The molecular formula is C25H25N3O6. The standard InChI is InChI=1S/C25H25N3O6/c1-4-32-24(30)21-19(27-25(31)28-22(21)20-10-7-11-33-20)13-34-23(29)16-12-18(14(2)3)26-17-9-6-5-8-15(16)17/h5-12,14,22H,4,13H2,1-3H3,(H2,27,28,31). The molecule has 1 aliphatic heterocycles. The van der Waals surface area contributed by atoms with Gasteiger partial charge in [-0.15, -0.1) is 0 Å². The summed E-state index contributed by atoms with van der Waals surface area (Å²) in [6.45, 7) is 5.44. The molecule has 0 saturated heterocycles. The zero-order valence-corrected chi connectivity index (χ0v) is 19.1. The van der Waals surface area contributed by atoms with Crippen LogP contribution in [0.2, 0.25) is 0 Å². The first kappa shape index (κ1) is 23.0. The van der Waals surface area contributed by atoms with Crippen molar-refractivity contribution in [2.75, 3.05) is 13.2 Å². The molecule has 3 heterocycles. The van der Waals surface area contributed by atoms with Crippen molar-refractivity contribution in [3.8, 4) is 0 Å². The number of carbonyl (C=O) groups is 3. The van der Waals surface area contributed by atoms with Crippen molar-refractivity contribution in [3.05, 3.63) is 77.0 Å². The molecular weight excluding hydrogens is 438 g/mol. The van der Waals surface area contributed by atoms with Gasteiger partial charge in [-0.1, -0.05) is 32.0 Å². The van der Waals surface area contributed by atoms with Crippen LogP contribution in [0.25, 0.3) is 10.9 Å². The number of ether oxygens (including phenoxy) is 2. The Kier molecular flexibility index (Phi) is 6.62. The second kappa shape index (κ2) is 9.78. The number of pyridine rings is 1. The molecule has 2 aromatic heterocycles. The summed E-state index contributed by atoms with van der Waals surface area (Å²) in [5, 5.41) is 5.87. The first-order valence-corrected chi connectivity index (χ1v) is 11.0. The lowest BCUT2D eigenvalue weighted by Crippen LogP contribution is -2.47. The van der Waals surface area contributed by atoms with Crippen LogP contribution in [0.4, 0.5) is 4.79 Å². The predicted octanol–water partition coefficient (Wildman–Crippen LogP) is 3.98. The Labute approximate surface area is 196 Å². The van der Waals surface area contributed by atoms with Crippen LogP contribution in [-0.2, 0) is 14.3 Å². The Morgan fingerprint density at radius 3 is 2.62 bits per heavy atom. The number of furan rings is 1. The number of nitrogens with zero attached hydrogens (tertiary/aromatic N) is 1. The number of hydrogen-bond acceptors (Lipinski definition) is 7. The maximum absolute atomic E-state index is 13.1. The number of aromatic nitrogens is 1. The molecule has 1 aliphatic rings. The van der Waals surface area contributed by atoms with Gasteiger partial charge in [-0.2, -0.15) is 0 Å². The summed E-state index contributed by atoms with van der Waals surface area (Å²) in [5.41, 5.74) is 2.02. The van der Waals surface area contributed by atoms with Gasteiger partial charge in [0, 0.05) is 11.1 Å². The number of benzene rings is 1. The third-order valence-electron chi connectivity index (χ3n) is 5.37. The van der Waals surface area contributed by atoms with E-state index < -0.39 is 24.0 Å². The highest BCUT2D eigenvalue weighted by atomic mass is 16.5. The van der Waals surface area contributed by atoms with E-state index in [0.717, 1.165) is 5.69 Å². The number of hydrogen-bond donors (Lipinski definition) is 2. The van der Waals surface area contributed by atoms with Crippen molar-refractivity contribution >= 4 is 28.9 Å². The van der Waals surface area contributed by atoms with E-state index in [1.807, 2.05) is 32.0 Å². The van der Waals surface area contributed by atoms with Gasteiger partial charge in [-0.05, 0) is 37.1 Å². The quantitative estimate of drug-likeness (QED) is 0.509. The summed E-state index contributed by atoms with van der Waals surface area (Å²) >= 11 is 0. The van der Waals surface area contributed by atoms with Gasteiger partial charge in [-0.3, -0.25) is 4.98 Å². The van der Waals surface area contributed by atoms with Crippen LogP contribution in [-0.4, -0.2) is 36.2 Å². The van der Waals surface area contributed by atoms with Crippen molar-refractivity contribution in [3.63, 3.8) is 0 Å². The molecule has 0 saturated carbocycles. The van der Waals surface area contributed by atoms with Gasteiger partial charge in [0.2, 0.25) is 0 Å². The first-order valence-electron chi connectivity index (χ1n) is 11.0. The minimum atomic E-state index is -0.884. The summed E-state index contributed by atoms with van der Waals surface area (Å²) in [4.78, 5) is 42.8. The van der Waals surface area contributed by atoms with Crippen molar-refractivity contribution in [1.82, 2.24) is 15.6 Å². The normalized spacial score (nSPS) is 15.8. The minimum absolute atomic E-state index is 0.103. The molecule has 3 aromatic rings. The molecule has 34 heavy (non-hydrogen) atoms.